The van der Waals surface area contributed by atoms with Crippen LogP contribution in [-0.4, -0.2) is 161 Å². The number of ether oxygens (including phenoxy) is 3. The van der Waals surface area contributed by atoms with Crippen LogP contribution in [0.25, 0.3) is 0 Å². The predicted octanol–water partition coefficient (Wildman–Crippen LogP) is -4.77. The van der Waals surface area contributed by atoms with Crippen molar-refractivity contribution in [1.29, 1.82) is 0 Å². The van der Waals surface area contributed by atoms with Gasteiger partial charge in [-0.2, -0.15) is 0 Å². The Kier molecular flexibility index (Phi) is 20.5. The second-order valence-electron chi connectivity index (χ2n) is 7.66. The van der Waals surface area contributed by atoms with Crippen LogP contribution in [-0.2, 0) is 14.2 Å². The highest BCUT2D eigenvalue weighted by molar-refractivity contribution is 4.82. The Hall–Kier alpha value is -0.520. The van der Waals surface area contributed by atoms with Crippen molar-refractivity contribution >= 4 is 0 Å². The first-order valence-corrected chi connectivity index (χ1v) is 11.2. The van der Waals surface area contributed by atoms with Gasteiger partial charge in [-0.15, -0.1) is 0 Å². The number of nitrogens with zero attached hydrogens (tertiary/aromatic N) is 1. The quantitative estimate of drug-likeness (QED) is 0.0618. The second kappa shape index (κ2) is 20.8. The van der Waals surface area contributed by atoms with Crippen molar-refractivity contribution in [1.82, 2.24) is 4.90 Å². The van der Waals surface area contributed by atoms with Gasteiger partial charge in [0, 0.05) is 39.4 Å². The van der Waals surface area contributed by atoms with Crippen molar-refractivity contribution in [2.45, 2.75) is 49.5 Å². The molecule has 0 aromatic carbocycles. The molecule has 0 aliphatic carbocycles. The topological polar surface area (TPSA) is 219 Å². The lowest BCUT2D eigenvalue weighted by Gasteiger charge is -2.32. The number of aliphatic hydroxyl groups excluding tert-OH is 8. The van der Waals surface area contributed by atoms with Gasteiger partial charge in [0.25, 0.3) is 0 Å². The Morgan fingerprint density at radius 2 is 0.970 bits per heavy atom. The number of rotatable bonds is 23. The molecule has 0 unspecified atom stereocenters. The van der Waals surface area contributed by atoms with Crippen LogP contribution >= 0.6 is 0 Å². The van der Waals surface area contributed by atoms with E-state index in [1.54, 1.807) is 0 Å². The van der Waals surface area contributed by atoms with E-state index in [0.29, 0.717) is 33.0 Å². The molecule has 0 heterocycles. The molecule has 6 atom stereocenters. The molecule has 200 valence electrons. The molecule has 0 aromatic heterocycles. The van der Waals surface area contributed by atoms with Crippen molar-refractivity contribution in [3.63, 3.8) is 0 Å². The fraction of sp³-hybridized carbons (Fsp3) is 1.00. The smallest absolute Gasteiger partial charge is 0.107 e. The molecule has 0 radical (unpaired) electrons. The van der Waals surface area contributed by atoms with E-state index in [0.717, 1.165) is 0 Å². The van der Waals surface area contributed by atoms with Gasteiger partial charge in [0.1, 0.15) is 12.2 Å². The van der Waals surface area contributed by atoms with Crippen molar-refractivity contribution in [3.8, 4) is 0 Å². The Morgan fingerprint density at radius 3 is 1.36 bits per heavy atom. The molecular weight excluding hydrogens is 444 g/mol. The SMILES string of the molecule is NCCOCCOCCOCCN(C[C@H](O)[C@@H](O)[C@H](O)CCO)C[C@H](O)[C@@H](O)[C@H](O)CCO. The summed E-state index contributed by atoms with van der Waals surface area (Å²) in [6.07, 6.45) is -8.78. The zero-order valence-electron chi connectivity index (χ0n) is 19.2. The van der Waals surface area contributed by atoms with Gasteiger partial charge < -0.3 is 60.8 Å². The standard InChI is InChI=1S/C20H44N2O11/c21-3-7-31-9-11-33-12-10-32-8-4-22(13-17(27)19(29)15(25)1-5-23)14-18(28)20(30)16(26)2-6-24/h15-20,23-30H,1-14,21H2/t15-,16-,17+,18+,19+,20+/m1/s1. The summed E-state index contributed by atoms with van der Waals surface area (Å²) in [7, 11) is 0. The van der Waals surface area contributed by atoms with Crippen LogP contribution in [0.4, 0.5) is 0 Å². The van der Waals surface area contributed by atoms with Gasteiger partial charge in [0.15, 0.2) is 0 Å². The highest BCUT2D eigenvalue weighted by atomic mass is 16.5. The number of nitrogens with two attached hydrogens (primary N) is 1. The van der Waals surface area contributed by atoms with Gasteiger partial charge in [0.05, 0.1) is 64.1 Å². The van der Waals surface area contributed by atoms with Gasteiger partial charge in [-0.05, 0) is 12.8 Å². The van der Waals surface area contributed by atoms with Crippen LogP contribution in [0.15, 0.2) is 0 Å². The molecule has 0 aliphatic rings. The summed E-state index contributed by atoms with van der Waals surface area (Å²) >= 11 is 0. The Morgan fingerprint density at radius 1 is 0.576 bits per heavy atom. The highest BCUT2D eigenvalue weighted by Gasteiger charge is 2.30. The predicted molar refractivity (Wildman–Crippen MR) is 117 cm³/mol. The molecule has 33 heavy (non-hydrogen) atoms. The third kappa shape index (κ3) is 15.9. The monoisotopic (exact) mass is 488 g/mol. The van der Waals surface area contributed by atoms with Gasteiger partial charge >= 0.3 is 0 Å². The summed E-state index contributed by atoms with van der Waals surface area (Å²) in [6, 6.07) is 0. The minimum atomic E-state index is -1.53. The van der Waals surface area contributed by atoms with E-state index in [9.17, 15) is 30.6 Å². The van der Waals surface area contributed by atoms with Gasteiger partial charge in [0.2, 0.25) is 0 Å². The number of aliphatic hydroxyl groups is 8. The van der Waals surface area contributed by atoms with E-state index in [-0.39, 0.29) is 58.9 Å². The summed E-state index contributed by atoms with van der Waals surface area (Å²) in [6.45, 7) is 1.63. The number of hydrogen-bond donors (Lipinski definition) is 9. The first kappa shape index (κ1) is 32.5. The van der Waals surface area contributed by atoms with Crippen molar-refractivity contribution in [2.75, 3.05) is 79.0 Å². The average molecular weight is 489 g/mol. The molecule has 0 rings (SSSR count). The van der Waals surface area contributed by atoms with Gasteiger partial charge in [-0.25, -0.2) is 0 Å². The lowest BCUT2D eigenvalue weighted by atomic mass is 10.0. The fourth-order valence-corrected chi connectivity index (χ4v) is 2.94. The zero-order valence-corrected chi connectivity index (χ0v) is 19.2. The molecular formula is C20H44N2O11. The van der Waals surface area contributed by atoms with E-state index in [2.05, 4.69) is 0 Å². The molecule has 0 aliphatic heterocycles. The molecule has 0 saturated carbocycles. The maximum Gasteiger partial charge on any atom is 0.107 e. The summed E-state index contributed by atoms with van der Waals surface area (Å²) in [5.41, 5.74) is 5.30. The average Bonchev–Trinajstić information content (AvgIpc) is 2.79. The fourth-order valence-electron chi connectivity index (χ4n) is 2.94. The summed E-state index contributed by atoms with van der Waals surface area (Å²) < 4.78 is 16.0. The largest absolute Gasteiger partial charge is 0.396 e. The normalized spacial score (nSPS) is 17.6. The molecule has 0 saturated heterocycles. The first-order chi connectivity index (χ1) is 15.8. The molecule has 0 fully saturated rings. The third-order valence-electron chi connectivity index (χ3n) is 4.88. The van der Waals surface area contributed by atoms with Crippen LogP contribution in [0.3, 0.4) is 0 Å². The van der Waals surface area contributed by atoms with Crippen molar-refractivity contribution in [3.05, 3.63) is 0 Å². The summed E-state index contributed by atoms with van der Waals surface area (Å²) in [5, 5.41) is 77.9. The van der Waals surface area contributed by atoms with Crippen LogP contribution in [0.2, 0.25) is 0 Å². The van der Waals surface area contributed by atoms with Crippen LogP contribution < -0.4 is 5.73 Å². The van der Waals surface area contributed by atoms with E-state index in [1.807, 2.05) is 0 Å². The molecule has 0 bridgehead atoms. The van der Waals surface area contributed by atoms with Crippen molar-refractivity contribution < 1.29 is 55.1 Å². The number of hydrogen-bond acceptors (Lipinski definition) is 13. The minimum absolute atomic E-state index is 0.118. The second-order valence-corrected chi connectivity index (χ2v) is 7.66. The van der Waals surface area contributed by atoms with E-state index >= 15 is 0 Å². The molecule has 13 nitrogen and oxygen atoms in total. The van der Waals surface area contributed by atoms with Crippen molar-refractivity contribution in [2.24, 2.45) is 5.73 Å². The molecule has 10 N–H and O–H groups in total. The third-order valence-corrected chi connectivity index (χ3v) is 4.88. The van der Waals surface area contributed by atoms with E-state index in [4.69, 9.17) is 30.2 Å². The summed E-state index contributed by atoms with van der Waals surface area (Å²) in [4.78, 5) is 1.50. The lowest BCUT2D eigenvalue weighted by Crippen LogP contribution is -2.50. The lowest BCUT2D eigenvalue weighted by molar-refractivity contribution is -0.0945. The highest BCUT2D eigenvalue weighted by Crippen LogP contribution is 2.10. The maximum atomic E-state index is 10.3. The minimum Gasteiger partial charge on any atom is -0.396 e. The zero-order chi connectivity index (χ0) is 25.1. The van der Waals surface area contributed by atoms with Gasteiger partial charge in [-0.3, -0.25) is 4.90 Å². The Balaban J connectivity index is 4.59. The molecule has 13 heteroatoms. The van der Waals surface area contributed by atoms with Crippen LogP contribution in [0.5, 0.6) is 0 Å². The Labute approximate surface area is 194 Å². The van der Waals surface area contributed by atoms with Gasteiger partial charge in [-0.1, -0.05) is 0 Å². The van der Waals surface area contributed by atoms with E-state index < -0.39 is 36.6 Å². The van der Waals surface area contributed by atoms with Crippen LogP contribution in [0, 0.1) is 0 Å². The summed E-state index contributed by atoms with van der Waals surface area (Å²) in [5.74, 6) is 0. The molecule has 0 amide bonds. The first-order valence-electron chi connectivity index (χ1n) is 11.2. The van der Waals surface area contributed by atoms with E-state index in [1.165, 1.54) is 4.90 Å². The molecule has 0 spiro atoms. The maximum absolute atomic E-state index is 10.3. The molecule has 0 aromatic rings. The van der Waals surface area contributed by atoms with Crippen LogP contribution in [0.1, 0.15) is 12.8 Å². The Bertz CT molecular complexity index is 413.